The average Bonchev–Trinajstić information content (AvgIpc) is 3.69. The zero-order valence-corrected chi connectivity index (χ0v) is 30.3. The number of aliphatic hydroxyl groups is 1. The predicted octanol–water partition coefficient (Wildman–Crippen LogP) is 4.37. The number of hydrogen-bond donors (Lipinski definition) is 3. The van der Waals surface area contributed by atoms with Gasteiger partial charge in [-0.15, -0.1) is 0 Å². The molecule has 0 aliphatic carbocycles. The van der Waals surface area contributed by atoms with Crippen LogP contribution >= 0.6 is 7.60 Å². The number of sulfonamides is 1. The van der Waals surface area contributed by atoms with Crippen molar-refractivity contribution in [2.75, 3.05) is 51.6 Å². The number of fused-ring (bicyclic) bond motifs is 1. The van der Waals surface area contributed by atoms with E-state index in [-0.39, 0.29) is 62.4 Å². The number of aliphatic hydroxyl groups excluding tert-OH is 1. The van der Waals surface area contributed by atoms with Crippen LogP contribution in [0.1, 0.15) is 46.1 Å². The van der Waals surface area contributed by atoms with Crippen molar-refractivity contribution in [2.24, 2.45) is 11.8 Å². The molecule has 0 saturated carbocycles. The van der Waals surface area contributed by atoms with Gasteiger partial charge in [-0.1, -0.05) is 32.4 Å². The van der Waals surface area contributed by atoms with Crippen LogP contribution in [0.15, 0.2) is 53.4 Å². The summed E-state index contributed by atoms with van der Waals surface area (Å²) in [5.74, 6) is 0.319. The molecule has 4 N–H and O–H groups in total. The van der Waals surface area contributed by atoms with Crippen molar-refractivity contribution in [3.05, 3.63) is 54.1 Å². The van der Waals surface area contributed by atoms with E-state index in [0.717, 1.165) is 0 Å². The van der Waals surface area contributed by atoms with Gasteiger partial charge in [0.2, 0.25) is 10.0 Å². The van der Waals surface area contributed by atoms with Crippen LogP contribution < -0.4 is 15.8 Å². The van der Waals surface area contributed by atoms with Gasteiger partial charge < -0.3 is 44.2 Å². The summed E-state index contributed by atoms with van der Waals surface area (Å²) in [5, 5.41) is 14.4. The van der Waals surface area contributed by atoms with E-state index >= 15 is 0 Å². The first-order chi connectivity index (χ1) is 23.4. The van der Waals surface area contributed by atoms with E-state index < -0.39 is 48.3 Å². The van der Waals surface area contributed by atoms with E-state index in [1.807, 2.05) is 13.8 Å². The molecule has 2 aromatic rings. The molecule has 0 bridgehead atoms. The highest BCUT2D eigenvalue weighted by molar-refractivity contribution is 7.89. The van der Waals surface area contributed by atoms with Crippen LogP contribution in [0.2, 0.25) is 0 Å². The number of nitrogens with two attached hydrogens (primary N) is 1. The Morgan fingerprint density at radius 1 is 1.06 bits per heavy atom. The second-order valence-corrected chi connectivity index (χ2v) is 16.2. The number of anilines is 1. The smallest absolute Gasteiger partial charge is 0.407 e. The largest absolute Gasteiger partial charge is 0.481 e. The van der Waals surface area contributed by atoms with E-state index in [0.29, 0.717) is 36.4 Å². The number of carbonyl (C=O) groups is 1. The van der Waals surface area contributed by atoms with Gasteiger partial charge in [-0.2, -0.15) is 4.31 Å². The molecule has 2 aromatic carbocycles. The van der Waals surface area contributed by atoms with Gasteiger partial charge in [0.25, 0.3) is 0 Å². The number of nitrogens with one attached hydrogen (secondary N) is 1. The molecule has 6 atom stereocenters. The molecule has 0 aromatic heterocycles. The van der Waals surface area contributed by atoms with Crippen LogP contribution in [-0.4, -0.2) is 94.3 Å². The van der Waals surface area contributed by atoms with Gasteiger partial charge in [0.1, 0.15) is 11.9 Å². The third-order valence-corrected chi connectivity index (χ3v) is 12.1. The maximum Gasteiger partial charge on any atom is 0.407 e. The Hall–Kier alpha value is -2.75. The number of amides is 1. The summed E-state index contributed by atoms with van der Waals surface area (Å²) in [6.07, 6.45) is -1.75. The van der Waals surface area contributed by atoms with Crippen LogP contribution in [0.5, 0.6) is 5.75 Å². The lowest BCUT2D eigenvalue weighted by Gasteiger charge is -2.31. The summed E-state index contributed by atoms with van der Waals surface area (Å²) >= 11 is 0. The molecule has 14 nitrogen and oxygen atoms in total. The number of nitrogens with zero attached hydrogens (tertiary/aromatic N) is 1. The molecule has 2 saturated heterocycles. The number of alkyl carbamates (subject to hydrolysis) is 1. The van der Waals surface area contributed by atoms with Crippen LogP contribution in [-0.2, 0) is 44.3 Å². The van der Waals surface area contributed by atoms with Gasteiger partial charge in [-0.25, -0.2) is 13.2 Å². The topological polar surface area (TPSA) is 185 Å². The fourth-order valence-corrected chi connectivity index (χ4v) is 8.56. The SMILES string of the molecule is CCOP(=O)(COc1ccc(C[C@H](NC(=O)O[C@H]2CO[C@H]3OCC[C@H]32)[C@H](O)CN(C[C@@H](C)CC)S(=O)(=O)c2ccc(N)cc2)cc1)OCC. The molecule has 0 spiro atoms. The number of benzene rings is 2. The van der Waals surface area contributed by atoms with Gasteiger partial charge >= 0.3 is 13.7 Å². The Kier molecular flexibility index (Phi) is 14.3. The predicted molar refractivity (Wildman–Crippen MR) is 183 cm³/mol. The van der Waals surface area contributed by atoms with Crippen molar-refractivity contribution in [1.82, 2.24) is 9.62 Å². The van der Waals surface area contributed by atoms with E-state index in [4.69, 9.17) is 33.7 Å². The number of nitrogen functional groups attached to an aromatic ring is 1. The minimum atomic E-state index is -4.03. The normalized spacial score (nSPS) is 21.2. The first-order valence-corrected chi connectivity index (χ1v) is 19.9. The number of ether oxygens (including phenoxy) is 4. The zero-order chi connectivity index (χ0) is 35.6. The summed E-state index contributed by atoms with van der Waals surface area (Å²) < 4.78 is 74.8. The maximum atomic E-state index is 13.8. The van der Waals surface area contributed by atoms with Crippen molar-refractivity contribution in [1.29, 1.82) is 0 Å². The molecule has 0 radical (unpaired) electrons. The molecule has 2 aliphatic rings. The molecule has 2 fully saturated rings. The highest BCUT2D eigenvalue weighted by Crippen LogP contribution is 2.47. The zero-order valence-electron chi connectivity index (χ0n) is 28.6. The Morgan fingerprint density at radius 2 is 1.73 bits per heavy atom. The third-order valence-electron chi connectivity index (χ3n) is 8.55. The number of hydrogen-bond acceptors (Lipinski definition) is 12. The Balaban J connectivity index is 1.52. The van der Waals surface area contributed by atoms with Gasteiger partial charge in [0.15, 0.2) is 12.6 Å². The van der Waals surface area contributed by atoms with Gasteiger partial charge in [-0.05, 0) is 74.6 Å². The summed E-state index contributed by atoms with van der Waals surface area (Å²) in [6.45, 7) is 8.30. The highest BCUT2D eigenvalue weighted by Gasteiger charge is 2.44. The summed E-state index contributed by atoms with van der Waals surface area (Å²) in [4.78, 5) is 13.3. The molecular weight excluding hydrogens is 677 g/mol. The van der Waals surface area contributed by atoms with Gasteiger partial charge in [0, 0.05) is 18.8 Å². The molecule has 4 rings (SSSR count). The third kappa shape index (κ3) is 10.9. The van der Waals surface area contributed by atoms with Crippen LogP contribution in [0, 0.1) is 11.8 Å². The molecule has 49 heavy (non-hydrogen) atoms. The fraction of sp³-hybridized carbons (Fsp3) is 0.606. The molecule has 274 valence electrons. The summed E-state index contributed by atoms with van der Waals surface area (Å²) in [5.41, 5.74) is 6.93. The second kappa shape index (κ2) is 18.0. The van der Waals surface area contributed by atoms with Gasteiger partial charge in [0.05, 0.1) is 49.4 Å². The van der Waals surface area contributed by atoms with Crippen molar-refractivity contribution in [3.63, 3.8) is 0 Å². The van der Waals surface area contributed by atoms with Crippen LogP contribution in [0.4, 0.5) is 10.5 Å². The fourth-order valence-electron chi connectivity index (χ4n) is 5.66. The van der Waals surface area contributed by atoms with Crippen LogP contribution in [0.25, 0.3) is 0 Å². The quantitative estimate of drug-likeness (QED) is 0.137. The minimum absolute atomic E-state index is 0.00984. The molecular formula is C33H50N3O11PS. The average molecular weight is 728 g/mol. The first kappa shape index (κ1) is 39.0. The molecule has 1 amide bonds. The monoisotopic (exact) mass is 727 g/mol. The minimum Gasteiger partial charge on any atom is -0.481 e. The van der Waals surface area contributed by atoms with E-state index in [1.54, 1.807) is 38.1 Å². The Morgan fingerprint density at radius 3 is 2.37 bits per heavy atom. The molecule has 2 heterocycles. The Bertz CT molecular complexity index is 1490. The van der Waals surface area contributed by atoms with E-state index in [1.165, 1.54) is 28.6 Å². The summed E-state index contributed by atoms with van der Waals surface area (Å²) in [6, 6.07) is 11.7. The van der Waals surface area contributed by atoms with E-state index in [2.05, 4.69) is 5.32 Å². The van der Waals surface area contributed by atoms with E-state index in [9.17, 15) is 22.9 Å². The number of carbonyl (C=O) groups excluding carboxylic acids is 1. The van der Waals surface area contributed by atoms with Crippen molar-refractivity contribution < 1.29 is 50.9 Å². The molecule has 2 aliphatic heterocycles. The van der Waals surface area contributed by atoms with Gasteiger partial charge in [-0.3, -0.25) is 4.57 Å². The molecule has 16 heteroatoms. The van der Waals surface area contributed by atoms with Crippen molar-refractivity contribution in [3.8, 4) is 5.75 Å². The summed E-state index contributed by atoms with van der Waals surface area (Å²) in [7, 11) is -7.46. The second-order valence-electron chi connectivity index (χ2n) is 12.3. The lowest BCUT2D eigenvalue weighted by Crippen LogP contribution is -2.51. The maximum absolute atomic E-state index is 13.8. The lowest BCUT2D eigenvalue weighted by molar-refractivity contribution is -0.0907. The lowest BCUT2D eigenvalue weighted by atomic mass is 10.0. The van der Waals surface area contributed by atoms with Crippen molar-refractivity contribution in [2.45, 2.75) is 76.4 Å². The standard InChI is InChI=1S/C33H50N3O11PS/c1-5-23(4)19-36(49(40,41)27-14-10-25(34)11-15-27)20-30(37)29(35-33(38)47-31-21-43-32-28(31)16-17-42-32)18-24-8-12-26(13-9-24)44-22-48(39,45-6-2)46-7-3/h8-15,23,28-32,37H,5-7,16-22,34H2,1-4H3,(H,35,38)/t23-,28-,29-,30+,31-,32+/m0/s1. The van der Waals surface area contributed by atoms with Crippen LogP contribution in [0.3, 0.4) is 0 Å². The number of rotatable bonds is 19. The van der Waals surface area contributed by atoms with Crippen molar-refractivity contribution >= 4 is 29.4 Å². The Labute approximate surface area is 289 Å². The molecule has 0 unspecified atom stereocenters. The highest BCUT2D eigenvalue weighted by atomic mass is 32.2. The first-order valence-electron chi connectivity index (χ1n) is 16.7.